The Morgan fingerprint density at radius 2 is 1.84 bits per heavy atom. The van der Waals surface area contributed by atoms with E-state index in [9.17, 15) is 0 Å². The van der Waals surface area contributed by atoms with Crippen LogP contribution in [0.5, 0.6) is 0 Å². The van der Waals surface area contributed by atoms with Crippen LogP contribution in [-0.4, -0.2) is 28.2 Å². The van der Waals surface area contributed by atoms with Crippen LogP contribution in [0, 0.1) is 6.92 Å². The minimum Gasteiger partial charge on any atom is -0.395 e. The second-order valence-corrected chi connectivity index (χ2v) is 6.48. The molecule has 0 unspecified atom stereocenters. The fourth-order valence-corrected chi connectivity index (χ4v) is 2.90. The molecule has 0 atom stereocenters. The lowest BCUT2D eigenvalue weighted by molar-refractivity contribution is 0.311. The number of nitrogens with one attached hydrogen (secondary N) is 2. The topological polar surface area (TPSA) is 70.1 Å². The van der Waals surface area contributed by atoms with Crippen molar-refractivity contribution in [3.63, 3.8) is 0 Å². The van der Waals surface area contributed by atoms with Crippen molar-refractivity contribution >= 4 is 33.4 Å². The van der Waals surface area contributed by atoms with Gasteiger partial charge in [0.25, 0.3) is 0 Å². The third-order valence-electron chi connectivity index (χ3n) is 3.64. The van der Waals surface area contributed by atoms with Gasteiger partial charge in [-0.05, 0) is 30.7 Å². The van der Waals surface area contributed by atoms with Crippen LogP contribution in [0.15, 0.2) is 59.1 Å². The van der Waals surface area contributed by atoms with Crippen LogP contribution >= 0.6 is 15.9 Å². The van der Waals surface area contributed by atoms with E-state index in [1.54, 1.807) is 0 Å². The van der Waals surface area contributed by atoms with E-state index in [-0.39, 0.29) is 6.61 Å². The molecule has 0 fully saturated rings. The summed E-state index contributed by atoms with van der Waals surface area (Å²) in [6, 6.07) is 17.9. The van der Waals surface area contributed by atoms with E-state index in [1.165, 1.54) is 0 Å². The fourth-order valence-electron chi connectivity index (χ4n) is 2.42. The van der Waals surface area contributed by atoms with Crippen molar-refractivity contribution in [2.24, 2.45) is 0 Å². The van der Waals surface area contributed by atoms with Gasteiger partial charge in [0, 0.05) is 28.3 Å². The smallest absolute Gasteiger partial charge is 0.225 e. The van der Waals surface area contributed by atoms with Gasteiger partial charge in [-0.25, -0.2) is 4.98 Å². The maximum Gasteiger partial charge on any atom is 0.225 e. The molecule has 3 aromatic rings. The highest BCUT2D eigenvalue weighted by Gasteiger charge is 2.08. The third-order valence-corrected chi connectivity index (χ3v) is 4.14. The fraction of sp³-hybridized carbons (Fsp3) is 0.158. The summed E-state index contributed by atoms with van der Waals surface area (Å²) in [6.07, 6.45) is 0. The van der Waals surface area contributed by atoms with Crippen molar-refractivity contribution in [2.45, 2.75) is 6.92 Å². The molecule has 5 nitrogen and oxygen atoms in total. The number of aliphatic hydroxyl groups excluding tert-OH is 1. The lowest BCUT2D eigenvalue weighted by Crippen LogP contribution is -2.10. The minimum absolute atomic E-state index is 0.0213. The maximum atomic E-state index is 9.04. The Morgan fingerprint density at radius 1 is 1.04 bits per heavy atom. The molecule has 0 aliphatic rings. The predicted octanol–water partition coefficient (Wildman–Crippen LogP) is 4.36. The molecule has 0 saturated heterocycles. The number of aliphatic hydroxyl groups is 1. The first-order chi connectivity index (χ1) is 12.2. The summed E-state index contributed by atoms with van der Waals surface area (Å²) in [5.41, 5.74) is 3.91. The molecule has 1 heterocycles. The van der Waals surface area contributed by atoms with E-state index in [1.807, 2.05) is 61.5 Å². The number of rotatable bonds is 6. The predicted molar refractivity (Wildman–Crippen MR) is 105 cm³/mol. The van der Waals surface area contributed by atoms with Gasteiger partial charge in [0.05, 0.1) is 12.3 Å². The number of anilines is 3. The van der Waals surface area contributed by atoms with E-state index in [0.717, 1.165) is 27.0 Å². The molecule has 0 bridgehead atoms. The Labute approximate surface area is 155 Å². The van der Waals surface area contributed by atoms with E-state index in [2.05, 4.69) is 36.5 Å². The lowest BCUT2D eigenvalue weighted by Gasteiger charge is -2.13. The molecule has 3 rings (SSSR count). The first kappa shape index (κ1) is 17.4. The number of halogens is 1. The summed E-state index contributed by atoms with van der Waals surface area (Å²) in [6.45, 7) is 2.46. The average Bonchev–Trinajstić information content (AvgIpc) is 2.63. The number of aryl methyl sites for hydroxylation is 1. The second kappa shape index (κ2) is 8.09. The summed E-state index contributed by atoms with van der Waals surface area (Å²) >= 11 is 3.48. The summed E-state index contributed by atoms with van der Waals surface area (Å²) in [5, 5.41) is 15.4. The first-order valence-electron chi connectivity index (χ1n) is 7.98. The molecule has 128 valence electrons. The summed E-state index contributed by atoms with van der Waals surface area (Å²) in [5.74, 6) is 1.17. The van der Waals surface area contributed by atoms with Gasteiger partial charge in [-0.3, -0.25) is 0 Å². The zero-order chi connectivity index (χ0) is 17.6. The van der Waals surface area contributed by atoms with Gasteiger partial charge in [0.1, 0.15) is 5.82 Å². The standard InChI is InChI=1S/C19H19BrN4O/c1-13-11-15(20)7-8-16(13)22-18-12-17(14-5-3-2-4-6-14)23-19(24-18)21-9-10-25/h2-8,11-12,25H,9-10H2,1H3,(H2,21,22,23,24). The maximum absolute atomic E-state index is 9.04. The molecular formula is C19H19BrN4O. The first-order valence-corrected chi connectivity index (χ1v) is 8.77. The van der Waals surface area contributed by atoms with Gasteiger partial charge < -0.3 is 15.7 Å². The Bertz CT molecular complexity index is 855. The van der Waals surface area contributed by atoms with Crippen LogP contribution < -0.4 is 10.6 Å². The Hall–Kier alpha value is -2.44. The molecule has 0 spiro atoms. The Morgan fingerprint density at radius 3 is 2.56 bits per heavy atom. The van der Waals surface area contributed by atoms with E-state index >= 15 is 0 Å². The largest absolute Gasteiger partial charge is 0.395 e. The third kappa shape index (κ3) is 4.55. The van der Waals surface area contributed by atoms with Gasteiger partial charge in [-0.15, -0.1) is 0 Å². The number of aromatic nitrogens is 2. The van der Waals surface area contributed by atoms with Crippen LogP contribution in [0.25, 0.3) is 11.3 Å². The zero-order valence-corrected chi connectivity index (χ0v) is 15.4. The molecule has 0 aliphatic heterocycles. The summed E-state index contributed by atoms with van der Waals surface area (Å²) in [4.78, 5) is 9.04. The highest BCUT2D eigenvalue weighted by Crippen LogP contribution is 2.26. The number of hydrogen-bond acceptors (Lipinski definition) is 5. The highest BCUT2D eigenvalue weighted by atomic mass is 79.9. The van der Waals surface area contributed by atoms with Crippen molar-refractivity contribution in [1.29, 1.82) is 0 Å². The van der Waals surface area contributed by atoms with Gasteiger partial charge in [0.15, 0.2) is 0 Å². The lowest BCUT2D eigenvalue weighted by atomic mass is 10.1. The van der Waals surface area contributed by atoms with Crippen LogP contribution in [0.1, 0.15) is 5.56 Å². The highest BCUT2D eigenvalue weighted by molar-refractivity contribution is 9.10. The molecule has 1 aromatic heterocycles. The normalized spacial score (nSPS) is 10.5. The molecule has 0 radical (unpaired) electrons. The molecule has 0 saturated carbocycles. The zero-order valence-electron chi connectivity index (χ0n) is 13.8. The van der Waals surface area contributed by atoms with Crippen LogP contribution in [0.4, 0.5) is 17.5 Å². The molecule has 0 amide bonds. The van der Waals surface area contributed by atoms with Gasteiger partial charge in [-0.1, -0.05) is 46.3 Å². The number of benzene rings is 2. The molecule has 2 aromatic carbocycles. The van der Waals surface area contributed by atoms with Crippen LogP contribution in [-0.2, 0) is 0 Å². The molecule has 3 N–H and O–H groups in total. The molecule has 25 heavy (non-hydrogen) atoms. The van der Waals surface area contributed by atoms with Crippen molar-refractivity contribution in [2.75, 3.05) is 23.8 Å². The van der Waals surface area contributed by atoms with Gasteiger partial charge >= 0.3 is 0 Å². The Balaban J connectivity index is 1.96. The van der Waals surface area contributed by atoms with Crippen molar-refractivity contribution in [3.05, 3.63) is 64.6 Å². The van der Waals surface area contributed by atoms with Crippen molar-refractivity contribution in [1.82, 2.24) is 9.97 Å². The SMILES string of the molecule is Cc1cc(Br)ccc1Nc1cc(-c2ccccc2)nc(NCCO)n1. The Kier molecular flexibility index (Phi) is 5.63. The summed E-state index contributed by atoms with van der Waals surface area (Å²) in [7, 11) is 0. The van der Waals surface area contributed by atoms with Crippen LogP contribution in [0.2, 0.25) is 0 Å². The van der Waals surface area contributed by atoms with Crippen molar-refractivity contribution < 1.29 is 5.11 Å². The quantitative estimate of drug-likeness (QED) is 0.575. The van der Waals surface area contributed by atoms with Gasteiger partial charge in [-0.2, -0.15) is 4.98 Å². The van der Waals surface area contributed by atoms with Crippen LogP contribution in [0.3, 0.4) is 0 Å². The molecule has 6 heteroatoms. The summed E-state index contributed by atoms with van der Waals surface area (Å²) < 4.78 is 1.04. The molecular weight excluding hydrogens is 380 g/mol. The second-order valence-electron chi connectivity index (χ2n) is 5.56. The number of hydrogen-bond donors (Lipinski definition) is 3. The monoisotopic (exact) mass is 398 g/mol. The van der Waals surface area contributed by atoms with E-state index in [4.69, 9.17) is 5.11 Å². The van der Waals surface area contributed by atoms with Crippen molar-refractivity contribution in [3.8, 4) is 11.3 Å². The minimum atomic E-state index is 0.0213. The van der Waals surface area contributed by atoms with E-state index < -0.39 is 0 Å². The molecule has 0 aliphatic carbocycles. The van der Waals surface area contributed by atoms with Gasteiger partial charge in [0.2, 0.25) is 5.95 Å². The average molecular weight is 399 g/mol. The van der Waals surface area contributed by atoms with E-state index in [0.29, 0.717) is 18.3 Å². The number of nitrogens with zero attached hydrogens (tertiary/aromatic N) is 2.